The molecule has 0 aliphatic heterocycles. The van der Waals surface area contributed by atoms with Crippen LogP contribution in [0.4, 0.5) is 13.9 Å². The lowest BCUT2D eigenvalue weighted by molar-refractivity contribution is -0.126. The molecule has 0 fully saturated rings. The number of hydrogen-bond donors (Lipinski definition) is 2. The lowest BCUT2D eigenvalue weighted by Gasteiger charge is -2.17. The maximum Gasteiger partial charge on any atom is 0.248 e. The molecule has 2 amide bonds. The lowest BCUT2D eigenvalue weighted by Crippen LogP contribution is -2.44. The fraction of sp³-hybridized carbons (Fsp3) is 0.522. The monoisotopic (exact) mass is 451 g/mol. The van der Waals surface area contributed by atoms with Crippen LogP contribution in [0, 0.1) is 11.6 Å². The van der Waals surface area contributed by atoms with E-state index in [2.05, 4.69) is 29.5 Å². The van der Waals surface area contributed by atoms with Gasteiger partial charge in [0.25, 0.3) is 0 Å². The van der Waals surface area contributed by atoms with Crippen molar-refractivity contribution in [3.8, 4) is 0 Å². The molecule has 0 unspecified atom stereocenters. The summed E-state index contributed by atoms with van der Waals surface area (Å²) in [6.07, 6.45) is 7.08. The molecule has 0 saturated heterocycles. The molecule has 0 saturated carbocycles. The van der Waals surface area contributed by atoms with Crippen LogP contribution in [0.2, 0.25) is 0 Å². The third-order valence-corrected chi connectivity index (χ3v) is 6.02. The molecule has 1 atom stereocenters. The van der Waals surface area contributed by atoms with Crippen molar-refractivity contribution < 1.29 is 18.4 Å². The average Bonchev–Trinajstić information content (AvgIpc) is 3.15. The van der Waals surface area contributed by atoms with Crippen molar-refractivity contribution in [2.45, 2.75) is 77.7 Å². The van der Waals surface area contributed by atoms with Gasteiger partial charge in [-0.3, -0.25) is 9.59 Å². The van der Waals surface area contributed by atoms with Crippen LogP contribution < -0.4 is 10.6 Å². The summed E-state index contributed by atoms with van der Waals surface area (Å²) < 4.78 is 26.7. The largest absolute Gasteiger partial charge is 0.344 e. The predicted octanol–water partition coefficient (Wildman–Crippen LogP) is 5.57. The van der Waals surface area contributed by atoms with Crippen molar-refractivity contribution in [2.24, 2.45) is 0 Å². The van der Waals surface area contributed by atoms with Gasteiger partial charge >= 0.3 is 0 Å². The number of thiazole rings is 1. The van der Waals surface area contributed by atoms with E-state index in [9.17, 15) is 18.4 Å². The molecule has 31 heavy (non-hydrogen) atoms. The number of anilines is 1. The summed E-state index contributed by atoms with van der Waals surface area (Å²) in [4.78, 5) is 30.6. The van der Waals surface area contributed by atoms with Gasteiger partial charge in [-0.1, -0.05) is 40.0 Å². The summed E-state index contributed by atoms with van der Waals surface area (Å²) in [5.74, 6) is -1.85. The second-order valence-electron chi connectivity index (χ2n) is 7.69. The molecule has 0 bridgehead atoms. The summed E-state index contributed by atoms with van der Waals surface area (Å²) in [5, 5.41) is 6.00. The Kier molecular flexibility index (Phi) is 10.0. The predicted molar refractivity (Wildman–Crippen MR) is 120 cm³/mol. The highest BCUT2D eigenvalue weighted by Crippen LogP contribution is 2.32. The molecule has 0 spiro atoms. The van der Waals surface area contributed by atoms with E-state index >= 15 is 0 Å². The Bertz CT molecular complexity index is 846. The maximum atomic E-state index is 13.3. The zero-order valence-electron chi connectivity index (χ0n) is 18.3. The Morgan fingerprint density at radius 1 is 1.00 bits per heavy atom. The topological polar surface area (TPSA) is 71.1 Å². The van der Waals surface area contributed by atoms with Crippen LogP contribution in [0.15, 0.2) is 24.4 Å². The van der Waals surface area contributed by atoms with Crippen molar-refractivity contribution in [3.63, 3.8) is 0 Å². The molecule has 2 aromatic rings. The van der Waals surface area contributed by atoms with E-state index in [0.717, 1.165) is 48.8 Å². The number of carbonyl (C=O) groups excluding carboxylic acids is 2. The maximum absolute atomic E-state index is 13.3. The molecule has 1 aromatic carbocycles. The number of amides is 2. The highest BCUT2D eigenvalue weighted by atomic mass is 32.1. The first-order chi connectivity index (χ1) is 14.9. The molecule has 0 radical (unpaired) electrons. The first-order valence-corrected chi connectivity index (χ1v) is 11.7. The second-order valence-corrected chi connectivity index (χ2v) is 8.76. The second kappa shape index (κ2) is 12.5. The minimum absolute atomic E-state index is 0.209. The number of hydrogen-bond acceptors (Lipinski definition) is 4. The molecule has 1 aromatic heterocycles. The van der Waals surface area contributed by atoms with Gasteiger partial charge < -0.3 is 10.6 Å². The van der Waals surface area contributed by atoms with Crippen LogP contribution in [0.5, 0.6) is 0 Å². The smallest absolute Gasteiger partial charge is 0.248 e. The first-order valence-electron chi connectivity index (χ1n) is 10.9. The molecular weight excluding hydrogens is 420 g/mol. The number of nitrogens with one attached hydrogen (secondary N) is 2. The first kappa shape index (κ1) is 24.9. The van der Waals surface area contributed by atoms with Gasteiger partial charge in [0.15, 0.2) is 5.13 Å². The standard InChI is InChI=1S/C23H31F2N3O2S/c1-4-7-16(8-5-2)20-14-26-23(31-20)28-22(30)19(9-6-3)27-21(29)12-15-10-17(24)13-18(25)11-15/h10-11,13-14,16,19H,4-9,12H2,1-3H3,(H,27,29)(H,26,28,30)/t19-/m0/s1. The van der Waals surface area contributed by atoms with Crippen molar-refractivity contribution in [3.05, 3.63) is 46.5 Å². The van der Waals surface area contributed by atoms with Gasteiger partial charge in [-0.25, -0.2) is 13.8 Å². The minimum Gasteiger partial charge on any atom is -0.344 e. The molecule has 2 N–H and O–H groups in total. The number of nitrogens with zero attached hydrogens (tertiary/aromatic N) is 1. The number of halogens is 2. The van der Waals surface area contributed by atoms with Crippen LogP contribution >= 0.6 is 11.3 Å². The quantitative estimate of drug-likeness (QED) is 0.443. The number of carbonyl (C=O) groups is 2. The van der Waals surface area contributed by atoms with Gasteiger partial charge in [0.2, 0.25) is 11.8 Å². The zero-order valence-corrected chi connectivity index (χ0v) is 19.2. The van der Waals surface area contributed by atoms with E-state index in [-0.39, 0.29) is 17.9 Å². The highest BCUT2D eigenvalue weighted by Gasteiger charge is 2.22. The van der Waals surface area contributed by atoms with Crippen LogP contribution in [-0.2, 0) is 16.0 Å². The number of aromatic nitrogens is 1. The zero-order chi connectivity index (χ0) is 22.8. The summed E-state index contributed by atoms with van der Waals surface area (Å²) in [5.41, 5.74) is 0.216. The van der Waals surface area contributed by atoms with Crippen LogP contribution in [0.25, 0.3) is 0 Å². The molecule has 170 valence electrons. The Balaban J connectivity index is 2.00. The van der Waals surface area contributed by atoms with E-state index in [0.29, 0.717) is 23.9 Å². The Morgan fingerprint density at radius 2 is 1.61 bits per heavy atom. The molecular formula is C23H31F2N3O2S. The van der Waals surface area contributed by atoms with Gasteiger partial charge in [-0.05, 0) is 42.9 Å². The third kappa shape index (κ3) is 8.01. The van der Waals surface area contributed by atoms with Gasteiger partial charge in [-0.2, -0.15) is 0 Å². The molecule has 1 heterocycles. The van der Waals surface area contributed by atoms with Crippen molar-refractivity contribution in [1.82, 2.24) is 10.3 Å². The summed E-state index contributed by atoms with van der Waals surface area (Å²) >= 11 is 1.47. The van der Waals surface area contributed by atoms with Crippen molar-refractivity contribution in [1.29, 1.82) is 0 Å². The molecule has 2 rings (SSSR count). The molecule has 0 aliphatic carbocycles. The fourth-order valence-electron chi connectivity index (χ4n) is 3.55. The van der Waals surface area contributed by atoms with E-state index in [4.69, 9.17) is 0 Å². The molecule has 5 nitrogen and oxygen atoms in total. The third-order valence-electron chi connectivity index (χ3n) is 4.95. The van der Waals surface area contributed by atoms with Gasteiger partial charge in [-0.15, -0.1) is 11.3 Å². The number of rotatable bonds is 12. The SMILES string of the molecule is CCCC(CCC)c1cnc(NC(=O)[C@H](CCC)NC(=O)Cc2cc(F)cc(F)c2)s1. The van der Waals surface area contributed by atoms with E-state index in [1.54, 1.807) is 0 Å². The summed E-state index contributed by atoms with van der Waals surface area (Å²) in [6.45, 7) is 6.22. The summed E-state index contributed by atoms with van der Waals surface area (Å²) in [6, 6.07) is 2.23. The lowest BCUT2D eigenvalue weighted by atomic mass is 9.97. The molecule has 8 heteroatoms. The van der Waals surface area contributed by atoms with Gasteiger partial charge in [0.05, 0.1) is 6.42 Å². The van der Waals surface area contributed by atoms with Crippen molar-refractivity contribution in [2.75, 3.05) is 5.32 Å². The van der Waals surface area contributed by atoms with E-state index in [1.165, 1.54) is 11.3 Å². The Hall–Kier alpha value is -2.35. The number of benzene rings is 1. The minimum atomic E-state index is -0.745. The molecule has 0 aliphatic rings. The van der Waals surface area contributed by atoms with Crippen LogP contribution in [0.1, 0.15) is 75.7 Å². The van der Waals surface area contributed by atoms with Crippen LogP contribution in [0.3, 0.4) is 0 Å². The normalized spacial score (nSPS) is 12.1. The van der Waals surface area contributed by atoms with Crippen molar-refractivity contribution >= 4 is 28.3 Å². The highest BCUT2D eigenvalue weighted by molar-refractivity contribution is 7.15. The Labute approximate surface area is 186 Å². The summed E-state index contributed by atoms with van der Waals surface area (Å²) in [7, 11) is 0. The fourth-order valence-corrected chi connectivity index (χ4v) is 4.54. The van der Waals surface area contributed by atoms with Gasteiger partial charge in [0, 0.05) is 17.1 Å². The Morgan fingerprint density at radius 3 is 2.19 bits per heavy atom. The van der Waals surface area contributed by atoms with E-state index in [1.807, 2.05) is 13.1 Å². The van der Waals surface area contributed by atoms with E-state index < -0.39 is 23.6 Å². The van der Waals surface area contributed by atoms with Gasteiger partial charge in [0.1, 0.15) is 17.7 Å². The average molecular weight is 452 g/mol. The van der Waals surface area contributed by atoms with Crippen LogP contribution in [-0.4, -0.2) is 22.8 Å².